The summed E-state index contributed by atoms with van der Waals surface area (Å²) in [6, 6.07) is 0. The van der Waals surface area contributed by atoms with E-state index in [1.807, 2.05) is 0 Å². The van der Waals surface area contributed by atoms with Crippen molar-refractivity contribution in [3.05, 3.63) is 0 Å². The smallest absolute Gasteiger partial charge is 0.187 e. The molecule has 0 amide bonds. The van der Waals surface area contributed by atoms with E-state index < -0.39 is 8.03 Å². The average Bonchev–Trinajstić information content (AvgIpc) is 0.811. The van der Waals surface area contributed by atoms with Gasteiger partial charge >= 0.3 is 0 Å². The van der Waals surface area contributed by atoms with E-state index in [2.05, 4.69) is 0 Å². The summed E-state index contributed by atoms with van der Waals surface area (Å²) in [4.78, 5) is 7.60. The largest absolute Gasteiger partial charge is 0.346 e. The summed E-state index contributed by atoms with van der Waals surface area (Å²) in [5, 5.41) is 0. The maximum absolute atomic E-state index is 9.19. The summed E-state index contributed by atoms with van der Waals surface area (Å²) in [6.07, 6.45) is 0. The van der Waals surface area contributed by atoms with Crippen LogP contribution < -0.4 is 0 Å². The molecule has 0 heterocycles. The third-order valence-electron chi connectivity index (χ3n) is 0. The van der Waals surface area contributed by atoms with Crippen LogP contribution in [0.2, 0.25) is 0 Å². The van der Waals surface area contributed by atoms with Crippen LogP contribution in [0.4, 0.5) is 0 Å². The second-order valence-corrected chi connectivity index (χ2v) is 1.56. The van der Waals surface area contributed by atoms with E-state index in [0.717, 1.165) is 0 Å². The van der Waals surface area contributed by atoms with Crippen LogP contribution in [0.15, 0.2) is 0 Å². The molecule has 0 aromatic rings. The van der Waals surface area contributed by atoms with Crippen molar-refractivity contribution in [2.45, 2.75) is 0 Å². The molecular weight excluding hydrogens is 191 g/mol. The molecule has 0 aromatic heterocycles. The maximum atomic E-state index is 9.19. The first kappa shape index (κ1) is 15.7. The topological polar surface area (TPSA) is 37.3 Å². The van der Waals surface area contributed by atoms with Crippen LogP contribution in [0.5, 0.6) is 0 Å². The Labute approximate surface area is 73.6 Å². The van der Waals surface area contributed by atoms with Gasteiger partial charge in [-0.05, 0) is 0 Å². The Morgan fingerprint density at radius 1 is 1.67 bits per heavy atom. The molecular formula is CH8AlO2PY. The van der Waals surface area contributed by atoms with Crippen LogP contribution in [0, 0.1) is 0 Å². The summed E-state index contributed by atoms with van der Waals surface area (Å²) in [7, 11) is -2.13. The molecule has 1 unspecified atom stereocenters. The minimum atomic E-state index is -2.13. The van der Waals surface area contributed by atoms with Crippen LogP contribution in [-0.2, 0) is 37.3 Å². The Morgan fingerprint density at radius 3 is 1.67 bits per heavy atom. The Bertz CT molecular complexity index is 36.5. The van der Waals surface area contributed by atoms with Crippen LogP contribution in [0.25, 0.3) is 0 Å². The molecule has 0 aliphatic heterocycles. The van der Waals surface area contributed by atoms with Crippen molar-refractivity contribution in [2.24, 2.45) is 0 Å². The van der Waals surface area contributed by atoms with Gasteiger partial charge in [0.15, 0.2) is 25.4 Å². The van der Waals surface area contributed by atoms with Crippen molar-refractivity contribution in [1.29, 1.82) is 0 Å². The minimum Gasteiger partial charge on any atom is -0.346 e. The third-order valence-corrected chi connectivity index (χ3v) is 0. The fourth-order valence-corrected chi connectivity index (χ4v) is 0. The summed E-state index contributed by atoms with van der Waals surface area (Å²) in [6.45, 7) is 1.27. The van der Waals surface area contributed by atoms with Gasteiger partial charge in [0.25, 0.3) is 0 Å². The van der Waals surface area contributed by atoms with E-state index in [-0.39, 0.29) is 50.1 Å². The molecule has 0 aromatic carbocycles. The molecule has 0 rings (SSSR count). The fraction of sp³-hybridized carbons (Fsp3) is 1.00. The van der Waals surface area contributed by atoms with Gasteiger partial charge in [0, 0.05) is 39.4 Å². The predicted octanol–water partition coefficient (Wildman–Crippen LogP) is -1.10. The molecule has 6 heavy (non-hydrogen) atoms. The Hall–Kier alpha value is 1.83. The van der Waals surface area contributed by atoms with Gasteiger partial charge in [-0.15, -0.1) is 0 Å². The molecule has 1 radical (unpaired) electrons. The zero-order valence-corrected chi connectivity index (χ0v) is 6.77. The van der Waals surface area contributed by atoms with Gasteiger partial charge < -0.3 is 4.89 Å². The van der Waals surface area contributed by atoms with Gasteiger partial charge in [0.05, 0.1) is 0 Å². The fourth-order valence-electron chi connectivity index (χ4n) is 0. The molecule has 0 saturated carbocycles. The molecule has 5 heteroatoms. The van der Waals surface area contributed by atoms with E-state index >= 15 is 0 Å². The Balaban J connectivity index is -0.0000000450. The average molecular weight is 199 g/mol. The molecule has 0 bridgehead atoms. The van der Waals surface area contributed by atoms with E-state index in [1.54, 1.807) is 0 Å². The molecule has 0 saturated heterocycles. The normalized spacial score (nSPS) is 10.3. The summed E-state index contributed by atoms with van der Waals surface area (Å²) < 4.78 is 9.19. The second kappa shape index (κ2) is 9.95. The summed E-state index contributed by atoms with van der Waals surface area (Å²) in [5.74, 6) is 0. The first-order valence-corrected chi connectivity index (χ1v) is 2.78. The Kier molecular flexibility index (Phi) is 26.0. The molecule has 0 fully saturated rings. The van der Waals surface area contributed by atoms with Crippen molar-refractivity contribution in [1.82, 2.24) is 0 Å². The van der Waals surface area contributed by atoms with E-state index in [9.17, 15) is 4.57 Å². The zero-order chi connectivity index (χ0) is 3.58. The van der Waals surface area contributed by atoms with E-state index in [4.69, 9.17) is 4.89 Å². The van der Waals surface area contributed by atoms with Gasteiger partial charge in [0.2, 0.25) is 0 Å². The number of hydrogen-bond donors (Lipinski definition) is 1. The number of hydrogen-bond acceptors (Lipinski definition) is 1. The summed E-state index contributed by atoms with van der Waals surface area (Å²) >= 11 is 0. The van der Waals surface area contributed by atoms with Crippen molar-refractivity contribution in [2.75, 3.05) is 6.66 Å². The molecule has 0 aliphatic carbocycles. The van der Waals surface area contributed by atoms with Crippen LogP contribution in [0.1, 0.15) is 0 Å². The molecule has 0 aliphatic rings. The molecule has 0 spiro atoms. The zero-order valence-electron chi connectivity index (χ0n) is 2.93. The predicted molar refractivity (Wildman–Crippen MR) is 27.1 cm³/mol. The van der Waals surface area contributed by atoms with E-state index in [1.165, 1.54) is 6.66 Å². The summed E-state index contributed by atoms with van der Waals surface area (Å²) in [5.41, 5.74) is 0. The molecule has 1 atom stereocenters. The molecule has 35 valence electrons. The SMILES string of the molecule is C[PH](=O)O.[AlH3].[Y]. The second-order valence-electron chi connectivity index (χ2n) is 0.519. The van der Waals surface area contributed by atoms with Crippen molar-refractivity contribution >= 4 is 25.4 Å². The van der Waals surface area contributed by atoms with Gasteiger partial charge in [-0.3, -0.25) is 4.57 Å². The first-order chi connectivity index (χ1) is 1.73. The van der Waals surface area contributed by atoms with Gasteiger partial charge in [-0.1, -0.05) is 0 Å². The van der Waals surface area contributed by atoms with Crippen LogP contribution in [-0.4, -0.2) is 28.9 Å². The monoisotopic (exact) mass is 199 g/mol. The maximum Gasteiger partial charge on any atom is 0.187 e. The van der Waals surface area contributed by atoms with Gasteiger partial charge in [-0.2, -0.15) is 0 Å². The Morgan fingerprint density at radius 2 is 1.67 bits per heavy atom. The molecule has 2 nitrogen and oxygen atoms in total. The first-order valence-electron chi connectivity index (χ1n) is 0.928. The quantitative estimate of drug-likeness (QED) is 0.397. The van der Waals surface area contributed by atoms with Crippen LogP contribution >= 0.6 is 8.03 Å². The van der Waals surface area contributed by atoms with Crippen molar-refractivity contribution in [3.63, 3.8) is 0 Å². The number of rotatable bonds is 0. The van der Waals surface area contributed by atoms with Crippen LogP contribution in [0.3, 0.4) is 0 Å². The van der Waals surface area contributed by atoms with Crippen molar-refractivity contribution in [3.8, 4) is 0 Å². The van der Waals surface area contributed by atoms with Gasteiger partial charge in [-0.25, -0.2) is 0 Å². The molecule has 1 N–H and O–H groups in total. The van der Waals surface area contributed by atoms with Crippen molar-refractivity contribution < 1.29 is 42.2 Å². The minimum absolute atomic E-state index is 0. The third kappa shape index (κ3) is 40.7. The van der Waals surface area contributed by atoms with Gasteiger partial charge in [0.1, 0.15) is 0 Å². The van der Waals surface area contributed by atoms with E-state index in [0.29, 0.717) is 0 Å². The standard InChI is InChI=1S/CH5O2P.Al.Y.3H/c1-4(2)3;;;;;/h4H,1H3,(H,2,3);;;;;.